The van der Waals surface area contributed by atoms with Crippen molar-refractivity contribution in [1.82, 2.24) is 15.1 Å². The van der Waals surface area contributed by atoms with Gasteiger partial charge >= 0.3 is 0 Å². The Labute approximate surface area is 123 Å². The largest absolute Gasteiger partial charge is 0.399 e. The normalized spacial score (nSPS) is 12.1. The number of aromatic nitrogens is 2. The van der Waals surface area contributed by atoms with Gasteiger partial charge in [0, 0.05) is 18.4 Å². The van der Waals surface area contributed by atoms with Gasteiger partial charge in [-0.05, 0) is 44.0 Å². The molecule has 2 rings (SSSR count). The lowest BCUT2D eigenvalue weighted by atomic mass is 10.2. The standard InChI is InChI=1S/C15H20N4O2/c1-11(20)4-3-8-17-15(21)14-7-9-19(18-14)13-6-2-5-12(16)10-13/h2,5-7,9-11,20H,3-4,8,16H2,1H3,(H,17,21). The van der Waals surface area contributed by atoms with E-state index in [-0.39, 0.29) is 12.0 Å². The molecule has 1 atom stereocenters. The van der Waals surface area contributed by atoms with E-state index in [4.69, 9.17) is 10.8 Å². The Morgan fingerprint density at radius 3 is 3.00 bits per heavy atom. The van der Waals surface area contributed by atoms with E-state index in [1.807, 2.05) is 12.1 Å². The van der Waals surface area contributed by atoms with Crippen molar-refractivity contribution in [3.63, 3.8) is 0 Å². The van der Waals surface area contributed by atoms with Gasteiger partial charge in [-0.3, -0.25) is 4.79 Å². The first-order valence-corrected chi connectivity index (χ1v) is 6.94. The van der Waals surface area contributed by atoms with Crippen molar-refractivity contribution in [1.29, 1.82) is 0 Å². The molecule has 6 heteroatoms. The average molecular weight is 288 g/mol. The first-order chi connectivity index (χ1) is 10.1. The molecule has 1 aromatic heterocycles. The minimum atomic E-state index is -0.343. The van der Waals surface area contributed by atoms with Gasteiger partial charge in [-0.15, -0.1) is 0 Å². The van der Waals surface area contributed by atoms with Crippen molar-refractivity contribution in [2.45, 2.75) is 25.9 Å². The molecule has 0 spiro atoms. The number of aliphatic hydroxyl groups excluding tert-OH is 1. The highest BCUT2D eigenvalue weighted by Gasteiger charge is 2.09. The molecule has 0 saturated carbocycles. The Balaban J connectivity index is 1.95. The molecule has 0 aliphatic rings. The van der Waals surface area contributed by atoms with Crippen molar-refractivity contribution in [2.75, 3.05) is 12.3 Å². The monoisotopic (exact) mass is 288 g/mol. The number of nitrogens with one attached hydrogen (secondary N) is 1. The van der Waals surface area contributed by atoms with Crippen LogP contribution in [0.4, 0.5) is 5.69 Å². The molecule has 1 amide bonds. The van der Waals surface area contributed by atoms with Gasteiger partial charge in [-0.2, -0.15) is 5.10 Å². The van der Waals surface area contributed by atoms with Crippen LogP contribution in [-0.4, -0.2) is 33.4 Å². The highest BCUT2D eigenvalue weighted by molar-refractivity contribution is 5.92. The third-order valence-corrected chi connectivity index (χ3v) is 3.04. The first kappa shape index (κ1) is 15.1. The smallest absolute Gasteiger partial charge is 0.271 e. The summed E-state index contributed by atoms with van der Waals surface area (Å²) in [6.07, 6.45) is 2.78. The fourth-order valence-corrected chi connectivity index (χ4v) is 1.95. The number of rotatable bonds is 6. The molecule has 6 nitrogen and oxygen atoms in total. The number of amides is 1. The zero-order chi connectivity index (χ0) is 15.2. The minimum Gasteiger partial charge on any atom is -0.399 e. The van der Waals surface area contributed by atoms with Gasteiger partial charge < -0.3 is 16.2 Å². The van der Waals surface area contributed by atoms with E-state index in [0.717, 1.165) is 12.1 Å². The van der Waals surface area contributed by atoms with E-state index in [9.17, 15) is 4.79 Å². The molecule has 112 valence electrons. The number of anilines is 1. The van der Waals surface area contributed by atoms with Gasteiger partial charge in [0.25, 0.3) is 5.91 Å². The summed E-state index contributed by atoms with van der Waals surface area (Å²) in [6.45, 7) is 2.25. The van der Waals surface area contributed by atoms with E-state index in [1.54, 1.807) is 36.0 Å². The lowest BCUT2D eigenvalue weighted by Gasteiger charge is -2.05. The summed E-state index contributed by atoms with van der Waals surface area (Å²) in [5.74, 6) is -0.219. The van der Waals surface area contributed by atoms with Gasteiger partial charge in [-0.25, -0.2) is 4.68 Å². The predicted octanol–water partition coefficient (Wildman–Crippen LogP) is 1.35. The zero-order valence-electron chi connectivity index (χ0n) is 12.0. The van der Waals surface area contributed by atoms with Gasteiger partial charge in [0.05, 0.1) is 11.8 Å². The average Bonchev–Trinajstić information content (AvgIpc) is 2.93. The molecule has 4 N–H and O–H groups in total. The van der Waals surface area contributed by atoms with Gasteiger partial charge in [0.1, 0.15) is 0 Å². The second kappa shape index (κ2) is 6.90. The molecule has 21 heavy (non-hydrogen) atoms. The lowest BCUT2D eigenvalue weighted by molar-refractivity contribution is 0.0944. The summed E-state index contributed by atoms with van der Waals surface area (Å²) < 4.78 is 1.61. The second-order valence-electron chi connectivity index (χ2n) is 4.99. The number of carbonyl (C=O) groups is 1. The quantitative estimate of drug-likeness (QED) is 0.552. The molecule has 1 unspecified atom stereocenters. The highest BCUT2D eigenvalue weighted by atomic mass is 16.3. The fraction of sp³-hybridized carbons (Fsp3) is 0.333. The Hall–Kier alpha value is -2.34. The topological polar surface area (TPSA) is 93.2 Å². The van der Waals surface area contributed by atoms with Crippen molar-refractivity contribution in [3.8, 4) is 5.69 Å². The minimum absolute atomic E-state index is 0.219. The Morgan fingerprint density at radius 2 is 2.29 bits per heavy atom. The molecule has 0 fully saturated rings. The van der Waals surface area contributed by atoms with E-state index < -0.39 is 0 Å². The van der Waals surface area contributed by atoms with Crippen molar-refractivity contribution in [2.24, 2.45) is 0 Å². The SMILES string of the molecule is CC(O)CCCNC(=O)c1ccn(-c2cccc(N)c2)n1. The molecule has 0 saturated heterocycles. The predicted molar refractivity (Wildman–Crippen MR) is 81.2 cm³/mol. The highest BCUT2D eigenvalue weighted by Crippen LogP contribution is 2.11. The molecular weight excluding hydrogens is 268 g/mol. The maximum Gasteiger partial charge on any atom is 0.271 e. The van der Waals surface area contributed by atoms with Crippen LogP contribution >= 0.6 is 0 Å². The Morgan fingerprint density at radius 1 is 1.48 bits per heavy atom. The zero-order valence-corrected chi connectivity index (χ0v) is 12.0. The lowest BCUT2D eigenvalue weighted by Crippen LogP contribution is -2.25. The van der Waals surface area contributed by atoms with Gasteiger partial charge in [-0.1, -0.05) is 6.07 Å². The van der Waals surface area contributed by atoms with Crippen LogP contribution in [0.2, 0.25) is 0 Å². The summed E-state index contributed by atoms with van der Waals surface area (Å²) in [5, 5.41) is 16.2. The van der Waals surface area contributed by atoms with Crippen LogP contribution < -0.4 is 11.1 Å². The molecule has 1 heterocycles. The van der Waals surface area contributed by atoms with E-state index in [1.165, 1.54) is 0 Å². The number of aliphatic hydroxyl groups is 1. The number of nitrogens with two attached hydrogens (primary N) is 1. The van der Waals surface area contributed by atoms with E-state index >= 15 is 0 Å². The van der Waals surface area contributed by atoms with Crippen molar-refractivity contribution in [3.05, 3.63) is 42.2 Å². The molecule has 0 aliphatic carbocycles. The summed E-state index contributed by atoms with van der Waals surface area (Å²) in [5.41, 5.74) is 7.54. The van der Waals surface area contributed by atoms with Crippen LogP contribution in [0.5, 0.6) is 0 Å². The second-order valence-corrected chi connectivity index (χ2v) is 4.99. The number of hydrogen-bond acceptors (Lipinski definition) is 4. The van der Waals surface area contributed by atoms with Crippen LogP contribution in [0.15, 0.2) is 36.5 Å². The third-order valence-electron chi connectivity index (χ3n) is 3.04. The summed E-state index contributed by atoms with van der Waals surface area (Å²) in [4.78, 5) is 11.9. The molecule has 2 aromatic rings. The summed E-state index contributed by atoms with van der Waals surface area (Å²) in [7, 11) is 0. The summed E-state index contributed by atoms with van der Waals surface area (Å²) >= 11 is 0. The number of hydrogen-bond donors (Lipinski definition) is 3. The van der Waals surface area contributed by atoms with Crippen LogP contribution in [0.3, 0.4) is 0 Å². The molecule has 0 aliphatic heterocycles. The Kier molecular flexibility index (Phi) is 4.94. The maximum atomic E-state index is 11.9. The fourth-order valence-electron chi connectivity index (χ4n) is 1.95. The Bertz CT molecular complexity index is 607. The van der Waals surface area contributed by atoms with Crippen LogP contribution in [0, 0.1) is 0 Å². The van der Waals surface area contributed by atoms with Crippen molar-refractivity contribution < 1.29 is 9.90 Å². The molecule has 1 aromatic carbocycles. The third kappa shape index (κ3) is 4.32. The molecular formula is C15H20N4O2. The maximum absolute atomic E-state index is 11.9. The first-order valence-electron chi connectivity index (χ1n) is 6.94. The van der Waals surface area contributed by atoms with Gasteiger partial charge in [0.15, 0.2) is 5.69 Å². The number of benzene rings is 1. The van der Waals surface area contributed by atoms with Crippen LogP contribution in [0.25, 0.3) is 5.69 Å². The van der Waals surface area contributed by atoms with E-state index in [0.29, 0.717) is 24.3 Å². The number of nitrogens with zero attached hydrogens (tertiary/aromatic N) is 2. The molecule has 0 radical (unpaired) electrons. The molecule has 0 bridgehead atoms. The number of carbonyl (C=O) groups excluding carboxylic acids is 1. The van der Waals surface area contributed by atoms with Crippen LogP contribution in [0.1, 0.15) is 30.3 Å². The van der Waals surface area contributed by atoms with Gasteiger partial charge in [0.2, 0.25) is 0 Å². The summed E-state index contributed by atoms with van der Waals surface area (Å²) in [6, 6.07) is 8.95. The number of nitrogen functional groups attached to an aromatic ring is 1. The van der Waals surface area contributed by atoms with E-state index in [2.05, 4.69) is 10.4 Å². The van der Waals surface area contributed by atoms with Crippen molar-refractivity contribution >= 4 is 11.6 Å². The van der Waals surface area contributed by atoms with Crippen LogP contribution in [-0.2, 0) is 0 Å².